The van der Waals surface area contributed by atoms with Crippen LogP contribution in [0.2, 0.25) is 0 Å². The van der Waals surface area contributed by atoms with E-state index in [0.29, 0.717) is 10.5 Å². The van der Waals surface area contributed by atoms with Crippen molar-refractivity contribution in [2.45, 2.75) is 38.9 Å². The molecule has 0 radical (unpaired) electrons. The van der Waals surface area contributed by atoms with Crippen molar-refractivity contribution in [3.8, 4) is 0 Å². The Kier molecular flexibility index (Phi) is 3.81. The van der Waals surface area contributed by atoms with Gasteiger partial charge in [0.15, 0.2) is 0 Å². The third-order valence-electron chi connectivity index (χ3n) is 4.70. The van der Waals surface area contributed by atoms with Crippen molar-refractivity contribution in [2.75, 3.05) is 5.32 Å². The highest BCUT2D eigenvalue weighted by atomic mass is 79.9. The van der Waals surface area contributed by atoms with Crippen molar-refractivity contribution in [3.05, 3.63) is 61.5 Å². The number of hydrogen-bond donors (Lipinski definition) is 2. The predicted octanol–water partition coefficient (Wildman–Crippen LogP) is 3.11. The number of hydrogen-bond acceptors (Lipinski definition) is 3. The van der Waals surface area contributed by atoms with Crippen LogP contribution < -0.4 is 16.1 Å². The molecule has 4 rings (SSSR count). The lowest BCUT2D eigenvalue weighted by atomic mass is 10.1. The molecule has 124 valence electrons. The summed E-state index contributed by atoms with van der Waals surface area (Å²) in [5.74, 6) is -0.360. The molecule has 1 aromatic heterocycles. The normalized spacial score (nSPS) is 16.1. The van der Waals surface area contributed by atoms with Crippen LogP contribution in [0, 0.1) is 6.92 Å². The van der Waals surface area contributed by atoms with E-state index in [1.54, 1.807) is 6.20 Å². The van der Waals surface area contributed by atoms with Gasteiger partial charge in [0.1, 0.15) is 5.56 Å². The fourth-order valence-corrected chi connectivity index (χ4v) is 3.57. The average Bonchev–Trinajstić information content (AvgIpc) is 3.30. The zero-order valence-corrected chi connectivity index (χ0v) is 14.9. The lowest BCUT2D eigenvalue weighted by Crippen LogP contribution is -2.25. The van der Waals surface area contributed by atoms with Gasteiger partial charge in [-0.1, -0.05) is 6.07 Å². The molecule has 1 aromatic carbocycles. The summed E-state index contributed by atoms with van der Waals surface area (Å²) in [6.07, 6.45) is 3.88. The SMILES string of the molecule is Cc1c(Br)c(=O)c(C(=O)Nc2ccc3c(c2)CNC3)cn1C1CC1. The molecule has 1 amide bonds. The first-order valence-corrected chi connectivity index (χ1v) is 8.89. The number of pyridine rings is 1. The van der Waals surface area contributed by atoms with Crippen LogP contribution in [-0.4, -0.2) is 10.5 Å². The van der Waals surface area contributed by atoms with Gasteiger partial charge in [-0.05, 0) is 59.0 Å². The van der Waals surface area contributed by atoms with E-state index in [4.69, 9.17) is 0 Å². The van der Waals surface area contributed by atoms with E-state index in [9.17, 15) is 9.59 Å². The molecule has 2 heterocycles. The van der Waals surface area contributed by atoms with E-state index in [-0.39, 0.29) is 16.9 Å². The Labute approximate surface area is 148 Å². The van der Waals surface area contributed by atoms with Gasteiger partial charge in [-0.2, -0.15) is 0 Å². The number of amides is 1. The molecule has 0 bridgehead atoms. The van der Waals surface area contributed by atoms with Gasteiger partial charge in [0.05, 0.1) is 4.47 Å². The third kappa shape index (κ3) is 2.70. The standard InChI is InChI=1S/C18H18BrN3O2/c1-10-16(19)17(23)15(9-22(10)14-4-5-14)18(24)21-13-3-2-11-7-20-8-12(11)6-13/h2-3,6,9,14,20H,4-5,7-8H2,1H3,(H,21,24). The molecule has 2 aromatic rings. The van der Waals surface area contributed by atoms with Gasteiger partial charge in [-0.25, -0.2) is 0 Å². The molecule has 24 heavy (non-hydrogen) atoms. The van der Waals surface area contributed by atoms with Crippen LogP contribution >= 0.6 is 15.9 Å². The molecule has 0 spiro atoms. The number of fused-ring (bicyclic) bond motifs is 1. The number of anilines is 1. The zero-order chi connectivity index (χ0) is 16.8. The van der Waals surface area contributed by atoms with Crippen LogP contribution in [0.5, 0.6) is 0 Å². The largest absolute Gasteiger partial charge is 0.346 e. The summed E-state index contributed by atoms with van der Waals surface area (Å²) in [4.78, 5) is 25.1. The van der Waals surface area contributed by atoms with Gasteiger partial charge in [0, 0.05) is 36.7 Å². The highest BCUT2D eigenvalue weighted by Gasteiger charge is 2.27. The maximum atomic E-state index is 12.6. The molecule has 2 aliphatic rings. The second kappa shape index (κ2) is 5.86. The Morgan fingerprint density at radius 2 is 2.04 bits per heavy atom. The molecule has 6 heteroatoms. The van der Waals surface area contributed by atoms with Crippen molar-refractivity contribution in [1.29, 1.82) is 0 Å². The number of halogens is 1. The first kappa shape index (κ1) is 15.6. The smallest absolute Gasteiger partial charge is 0.261 e. The van der Waals surface area contributed by atoms with Crippen LogP contribution in [-0.2, 0) is 13.1 Å². The molecule has 0 saturated heterocycles. The van der Waals surface area contributed by atoms with Gasteiger partial charge in [0.25, 0.3) is 5.91 Å². The summed E-state index contributed by atoms with van der Waals surface area (Å²) in [7, 11) is 0. The number of benzene rings is 1. The van der Waals surface area contributed by atoms with Crippen LogP contribution in [0.25, 0.3) is 0 Å². The number of carbonyl (C=O) groups excluding carboxylic acids is 1. The van der Waals surface area contributed by atoms with Crippen molar-refractivity contribution in [2.24, 2.45) is 0 Å². The molecule has 0 atom stereocenters. The summed E-state index contributed by atoms with van der Waals surface area (Å²) in [5.41, 5.74) is 3.96. The van der Waals surface area contributed by atoms with E-state index in [0.717, 1.165) is 37.3 Å². The van der Waals surface area contributed by atoms with E-state index >= 15 is 0 Å². The second-order valence-corrected chi connectivity index (χ2v) is 7.24. The van der Waals surface area contributed by atoms with E-state index in [1.807, 2.05) is 29.7 Å². The van der Waals surface area contributed by atoms with Crippen LogP contribution in [0.15, 0.2) is 33.7 Å². The lowest BCUT2D eigenvalue weighted by Gasteiger charge is -2.14. The summed E-state index contributed by atoms with van der Waals surface area (Å²) < 4.78 is 2.51. The van der Waals surface area contributed by atoms with Gasteiger partial charge >= 0.3 is 0 Å². The minimum absolute atomic E-state index is 0.179. The second-order valence-electron chi connectivity index (χ2n) is 6.45. The van der Waals surface area contributed by atoms with Crippen molar-refractivity contribution in [3.63, 3.8) is 0 Å². The quantitative estimate of drug-likeness (QED) is 0.850. The van der Waals surface area contributed by atoms with Crippen LogP contribution in [0.4, 0.5) is 5.69 Å². The summed E-state index contributed by atoms with van der Waals surface area (Å²) in [6.45, 7) is 3.57. The Morgan fingerprint density at radius 3 is 2.79 bits per heavy atom. The molecule has 1 aliphatic heterocycles. The van der Waals surface area contributed by atoms with Gasteiger partial charge in [-0.15, -0.1) is 0 Å². The summed E-state index contributed by atoms with van der Waals surface area (Å²) in [6, 6.07) is 6.26. The summed E-state index contributed by atoms with van der Waals surface area (Å²) >= 11 is 3.35. The highest BCUT2D eigenvalue weighted by Crippen LogP contribution is 2.36. The maximum absolute atomic E-state index is 12.6. The number of carbonyl (C=O) groups is 1. The first-order valence-electron chi connectivity index (χ1n) is 8.09. The number of nitrogens with zero attached hydrogens (tertiary/aromatic N) is 1. The minimum Gasteiger partial charge on any atom is -0.346 e. The predicted molar refractivity (Wildman–Crippen MR) is 96.3 cm³/mol. The van der Waals surface area contributed by atoms with Gasteiger partial charge in [0.2, 0.25) is 5.43 Å². The Bertz CT molecular complexity index is 900. The van der Waals surface area contributed by atoms with Crippen LogP contribution in [0.1, 0.15) is 46.1 Å². The first-order chi connectivity index (χ1) is 11.5. The molecule has 1 aliphatic carbocycles. The molecular weight excluding hydrogens is 370 g/mol. The number of nitrogens with one attached hydrogen (secondary N) is 2. The fourth-order valence-electron chi connectivity index (χ4n) is 3.16. The van der Waals surface area contributed by atoms with E-state index in [1.165, 1.54) is 11.1 Å². The lowest BCUT2D eigenvalue weighted by molar-refractivity contribution is 0.102. The number of rotatable bonds is 3. The van der Waals surface area contributed by atoms with Crippen molar-refractivity contribution in [1.82, 2.24) is 9.88 Å². The highest BCUT2D eigenvalue weighted by molar-refractivity contribution is 9.10. The third-order valence-corrected chi connectivity index (χ3v) is 5.63. The van der Waals surface area contributed by atoms with Gasteiger partial charge < -0.3 is 15.2 Å². The Morgan fingerprint density at radius 1 is 1.29 bits per heavy atom. The van der Waals surface area contributed by atoms with Gasteiger partial charge in [-0.3, -0.25) is 9.59 Å². The molecule has 0 unspecified atom stereocenters. The molecule has 1 saturated carbocycles. The average molecular weight is 388 g/mol. The Hall–Kier alpha value is -1.92. The topological polar surface area (TPSA) is 63.1 Å². The van der Waals surface area contributed by atoms with E-state index < -0.39 is 0 Å². The maximum Gasteiger partial charge on any atom is 0.261 e. The minimum atomic E-state index is -0.360. The molecule has 5 nitrogen and oxygen atoms in total. The zero-order valence-electron chi connectivity index (χ0n) is 13.4. The monoisotopic (exact) mass is 387 g/mol. The van der Waals surface area contributed by atoms with Crippen LogP contribution in [0.3, 0.4) is 0 Å². The van der Waals surface area contributed by atoms with Crippen molar-refractivity contribution < 1.29 is 4.79 Å². The Balaban J connectivity index is 1.66. The molecule has 2 N–H and O–H groups in total. The fraction of sp³-hybridized carbons (Fsp3) is 0.333. The van der Waals surface area contributed by atoms with E-state index in [2.05, 4.69) is 26.6 Å². The molecule has 1 fully saturated rings. The number of aromatic nitrogens is 1. The van der Waals surface area contributed by atoms with Crippen molar-refractivity contribution >= 4 is 27.5 Å². The summed E-state index contributed by atoms with van der Waals surface area (Å²) in [5, 5.41) is 6.14. The molecular formula is C18H18BrN3O2.